The Balaban J connectivity index is 1.56. The zero-order valence-electron chi connectivity index (χ0n) is 19.8. The smallest absolute Gasteiger partial charge is 0.346 e. The minimum Gasteiger partial charge on any atom is -0.494 e. The van der Waals surface area contributed by atoms with E-state index < -0.39 is 40.4 Å². The van der Waals surface area contributed by atoms with Gasteiger partial charge < -0.3 is 24.9 Å². The number of carboxylic acids is 1. The Morgan fingerprint density at radius 3 is 2.63 bits per heavy atom. The first kappa shape index (κ1) is 25.4. The summed E-state index contributed by atoms with van der Waals surface area (Å²) in [5.74, 6) is -4.14. The molecule has 9 nitrogen and oxygen atoms in total. The second kappa shape index (κ2) is 9.89. The molecule has 1 aliphatic rings. The van der Waals surface area contributed by atoms with Gasteiger partial charge in [-0.1, -0.05) is 0 Å². The number of benzene rings is 2. The van der Waals surface area contributed by atoms with Gasteiger partial charge in [-0.15, -0.1) is 11.3 Å². The van der Waals surface area contributed by atoms with Crippen LogP contribution in [0.5, 0.6) is 11.5 Å². The Bertz CT molecular complexity index is 1690. The summed E-state index contributed by atoms with van der Waals surface area (Å²) in [6.07, 6.45) is 1.99. The second-order valence-corrected chi connectivity index (χ2v) is 9.56. The predicted octanol–water partition coefficient (Wildman–Crippen LogP) is 4.27. The molecule has 0 unspecified atom stereocenters. The van der Waals surface area contributed by atoms with Crippen molar-refractivity contribution in [1.29, 1.82) is 0 Å². The van der Waals surface area contributed by atoms with Gasteiger partial charge in [-0.2, -0.15) is 0 Å². The van der Waals surface area contributed by atoms with Gasteiger partial charge in [0.15, 0.2) is 17.5 Å². The van der Waals surface area contributed by atoms with E-state index >= 15 is 4.39 Å². The summed E-state index contributed by atoms with van der Waals surface area (Å²) in [7, 11) is 1.25. The number of carboxylic acid groups (broad SMARTS) is 1. The summed E-state index contributed by atoms with van der Waals surface area (Å²) in [5.41, 5.74) is -2.60. The second-order valence-electron chi connectivity index (χ2n) is 8.68. The maximum atomic E-state index is 15.1. The Morgan fingerprint density at radius 2 is 1.95 bits per heavy atom. The van der Waals surface area contributed by atoms with Gasteiger partial charge >= 0.3 is 11.7 Å². The number of aromatic carboxylic acids is 1. The highest BCUT2D eigenvalue weighted by Crippen LogP contribution is 2.34. The molecule has 0 aliphatic heterocycles. The maximum absolute atomic E-state index is 15.1. The molecule has 4 aromatic rings. The minimum atomic E-state index is -1.38. The van der Waals surface area contributed by atoms with Crippen molar-refractivity contribution in [2.75, 3.05) is 19.0 Å². The number of aromatic nitrogens is 2. The summed E-state index contributed by atoms with van der Waals surface area (Å²) in [4.78, 5) is 39.5. The van der Waals surface area contributed by atoms with E-state index in [0.29, 0.717) is 17.1 Å². The topological polar surface area (TPSA) is 123 Å². The van der Waals surface area contributed by atoms with Crippen LogP contribution in [0.2, 0.25) is 0 Å². The third-order valence-corrected chi connectivity index (χ3v) is 7.10. The number of ether oxygens (including phenoxy) is 2. The van der Waals surface area contributed by atoms with Crippen molar-refractivity contribution in [3.63, 3.8) is 0 Å². The number of fused-ring (bicyclic) bond motifs is 1. The number of aromatic amines is 1. The van der Waals surface area contributed by atoms with Crippen molar-refractivity contribution in [3.8, 4) is 17.2 Å². The highest BCUT2D eigenvalue weighted by molar-refractivity contribution is 7.13. The molecule has 0 atom stereocenters. The third-order valence-electron chi connectivity index (χ3n) is 6.14. The molecule has 1 aliphatic carbocycles. The molecule has 1 saturated carbocycles. The quantitative estimate of drug-likeness (QED) is 0.286. The van der Waals surface area contributed by atoms with Crippen LogP contribution in [-0.2, 0) is 6.54 Å². The van der Waals surface area contributed by atoms with Crippen LogP contribution < -0.4 is 26.0 Å². The molecule has 2 aromatic carbocycles. The third kappa shape index (κ3) is 4.60. The van der Waals surface area contributed by atoms with Gasteiger partial charge in [0.1, 0.15) is 16.4 Å². The number of nitrogens with one attached hydrogen (secondary N) is 2. The van der Waals surface area contributed by atoms with Gasteiger partial charge in [-0.25, -0.2) is 27.3 Å². The predicted molar refractivity (Wildman–Crippen MR) is 133 cm³/mol. The molecular weight excluding hydrogens is 527 g/mol. The van der Waals surface area contributed by atoms with Crippen LogP contribution in [0.1, 0.15) is 28.1 Å². The summed E-state index contributed by atoms with van der Waals surface area (Å²) in [5, 5.41) is 13.3. The molecule has 1 fully saturated rings. The zero-order chi connectivity index (χ0) is 27.1. The SMILES string of the molecule is COc1cc(F)c(-n2c(=O)[nH]c3csc(C(=O)O)c3c2=O)cc1NCc1c(OCC2CC2)ccc(F)c1F. The van der Waals surface area contributed by atoms with Crippen LogP contribution >= 0.6 is 11.3 Å². The lowest BCUT2D eigenvalue weighted by atomic mass is 10.1. The first-order valence-electron chi connectivity index (χ1n) is 11.4. The number of thiophene rings is 1. The zero-order valence-corrected chi connectivity index (χ0v) is 20.6. The Labute approximate surface area is 216 Å². The number of hydrogen-bond donors (Lipinski definition) is 3. The van der Waals surface area contributed by atoms with Gasteiger partial charge in [-0.3, -0.25) is 4.79 Å². The van der Waals surface area contributed by atoms with Crippen LogP contribution in [0.4, 0.5) is 18.9 Å². The first-order chi connectivity index (χ1) is 18.2. The van der Waals surface area contributed by atoms with Crippen molar-refractivity contribution < 1.29 is 32.5 Å². The number of methoxy groups -OCH3 is 1. The molecule has 0 amide bonds. The monoisotopic (exact) mass is 547 g/mol. The van der Waals surface area contributed by atoms with Crippen molar-refractivity contribution >= 4 is 33.9 Å². The molecular formula is C25H20F3N3O6S. The molecule has 0 radical (unpaired) electrons. The van der Waals surface area contributed by atoms with Crippen molar-refractivity contribution in [2.45, 2.75) is 19.4 Å². The van der Waals surface area contributed by atoms with E-state index in [1.165, 1.54) is 18.6 Å². The van der Waals surface area contributed by atoms with Crippen LogP contribution in [0, 0.1) is 23.4 Å². The molecule has 5 rings (SSSR count). The fourth-order valence-electron chi connectivity index (χ4n) is 3.99. The fraction of sp³-hybridized carbons (Fsp3) is 0.240. The number of nitrogens with zero attached hydrogens (tertiary/aromatic N) is 1. The van der Waals surface area contributed by atoms with Gasteiger partial charge in [0.2, 0.25) is 0 Å². The van der Waals surface area contributed by atoms with E-state index in [9.17, 15) is 28.3 Å². The van der Waals surface area contributed by atoms with E-state index in [2.05, 4.69) is 10.3 Å². The summed E-state index contributed by atoms with van der Waals surface area (Å²) < 4.78 is 55.2. The number of carbonyl (C=O) groups is 1. The molecule has 2 heterocycles. The lowest BCUT2D eigenvalue weighted by molar-refractivity contribution is 0.0704. The van der Waals surface area contributed by atoms with Crippen LogP contribution in [0.3, 0.4) is 0 Å². The van der Waals surface area contributed by atoms with Gasteiger partial charge in [-0.05, 0) is 37.0 Å². The van der Waals surface area contributed by atoms with Gasteiger partial charge in [0.25, 0.3) is 5.56 Å². The largest absolute Gasteiger partial charge is 0.494 e. The molecule has 2 aromatic heterocycles. The van der Waals surface area contributed by atoms with Crippen molar-refractivity contribution in [3.05, 3.63) is 78.4 Å². The van der Waals surface area contributed by atoms with E-state index in [4.69, 9.17) is 9.47 Å². The van der Waals surface area contributed by atoms with E-state index in [1.807, 2.05) is 0 Å². The summed E-state index contributed by atoms with van der Waals surface area (Å²) in [6.45, 7) is 0.0557. The Kier molecular flexibility index (Phi) is 6.61. The van der Waals surface area contributed by atoms with Crippen LogP contribution in [0.15, 0.2) is 39.2 Å². The molecule has 3 N–H and O–H groups in total. The van der Waals surface area contributed by atoms with E-state index in [1.54, 1.807) is 0 Å². The molecule has 13 heteroatoms. The molecule has 0 bridgehead atoms. The molecule has 38 heavy (non-hydrogen) atoms. The molecule has 198 valence electrons. The standard InChI is InChI=1S/C25H20F3N3O6S/c1-36-19-6-14(27)17(31-23(32)20-16(30-25(31)35)10-38-22(20)24(33)34)7-15(19)29-8-12-18(37-9-11-2-3-11)5-4-13(26)21(12)28/h4-7,10-11,29H,2-3,8-9H2,1H3,(H,30,35)(H,33,34). The lowest BCUT2D eigenvalue weighted by Gasteiger charge is -2.17. The summed E-state index contributed by atoms with van der Waals surface area (Å²) >= 11 is 0.743. The van der Waals surface area contributed by atoms with Crippen molar-refractivity contribution in [1.82, 2.24) is 9.55 Å². The average molecular weight is 548 g/mol. The maximum Gasteiger partial charge on any atom is 0.346 e. The Hall–Kier alpha value is -4.26. The number of halogens is 3. The van der Waals surface area contributed by atoms with Gasteiger partial charge in [0, 0.05) is 18.0 Å². The highest BCUT2D eigenvalue weighted by Gasteiger charge is 2.25. The van der Waals surface area contributed by atoms with E-state index in [-0.39, 0.29) is 45.1 Å². The van der Waals surface area contributed by atoms with Crippen LogP contribution in [-0.4, -0.2) is 34.3 Å². The van der Waals surface area contributed by atoms with Gasteiger partial charge in [0.05, 0.1) is 41.6 Å². The Morgan fingerprint density at radius 1 is 1.18 bits per heavy atom. The highest BCUT2D eigenvalue weighted by atomic mass is 32.1. The van der Waals surface area contributed by atoms with E-state index in [0.717, 1.165) is 42.4 Å². The lowest BCUT2D eigenvalue weighted by Crippen LogP contribution is -2.34. The van der Waals surface area contributed by atoms with Crippen LogP contribution in [0.25, 0.3) is 16.6 Å². The fourth-order valence-corrected chi connectivity index (χ4v) is 4.81. The normalized spacial score (nSPS) is 13.1. The number of H-pyrrole nitrogens is 1. The van der Waals surface area contributed by atoms with Crippen molar-refractivity contribution in [2.24, 2.45) is 5.92 Å². The number of rotatable bonds is 9. The molecule has 0 saturated heterocycles. The number of hydrogen-bond acceptors (Lipinski definition) is 7. The first-order valence-corrected chi connectivity index (χ1v) is 12.3. The summed E-state index contributed by atoms with van der Waals surface area (Å²) in [6, 6.07) is 4.28. The average Bonchev–Trinajstić information content (AvgIpc) is 3.61. The number of anilines is 1. The molecule has 0 spiro atoms. The minimum absolute atomic E-state index is 0.00576.